The van der Waals surface area contributed by atoms with Crippen molar-refractivity contribution in [2.24, 2.45) is 0 Å². The summed E-state index contributed by atoms with van der Waals surface area (Å²) in [6.45, 7) is 4.01. The molecule has 0 radical (unpaired) electrons. The fourth-order valence-electron chi connectivity index (χ4n) is 2.38. The maximum Gasteiger partial charge on any atom is 0.282 e. The summed E-state index contributed by atoms with van der Waals surface area (Å²) in [7, 11) is 1.60. The molecule has 0 saturated heterocycles. The van der Waals surface area contributed by atoms with Crippen LogP contribution >= 0.6 is 0 Å². The molecule has 0 aliphatic heterocycles. The van der Waals surface area contributed by atoms with Gasteiger partial charge >= 0.3 is 0 Å². The molecule has 0 spiro atoms. The molecule has 0 bridgehead atoms. The van der Waals surface area contributed by atoms with Gasteiger partial charge in [-0.05, 0) is 26.0 Å². The van der Waals surface area contributed by atoms with Gasteiger partial charge in [0.15, 0.2) is 6.04 Å². The van der Waals surface area contributed by atoms with E-state index in [9.17, 15) is 4.79 Å². The molecule has 116 valence electrons. The normalized spacial score (nSPS) is 13.2. The number of nitrogens with two attached hydrogens (primary N) is 1. The van der Waals surface area contributed by atoms with Crippen molar-refractivity contribution in [2.75, 3.05) is 12.4 Å². The van der Waals surface area contributed by atoms with Crippen molar-refractivity contribution in [2.45, 2.75) is 25.9 Å². The van der Waals surface area contributed by atoms with E-state index in [1.54, 1.807) is 7.11 Å². The number of quaternary nitrogens is 1. The molecule has 0 heterocycles. The van der Waals surface area contributed by atoms with E-state index in [1.807, 2.05) is 49.4 Å². The van der Waals surface area contributed by atoms with Crippen LogP contribution in [0.2, 0.25) is 0 Å². The molecule has 2 rings (SSSR count). The lowest BCUT2D eigenvalue weighted by atomic mass is 10.1. The highest BCUT2D eigenvalue weighted by Gasteiger charge is 2.21. The van der Waals surface area contributed by atoms with Gasteiger partial charge in [-0.2, -0.15) is 0 Å². The second-order valence-electron chi connectivity index (χ2n) is 5.37. The summed E-state index contributed by atoms with van der Waals surface area (Å²) in [5.41, 5.74) is 1.90. The van der Waals surface area contributed by atoms with Crippen LogP contribution in [0.4, 0.5) is 5.69 Å². The Morgan fingerprint density at radius 1 is 1.05 bits per heavy atom. The Balaban J connectivity index is 1.97. The largest absolute Gasteiger partial charge is 0.495 e. The van der Waals surface area contributed by atoms with E-state index in [0.29, 0.717) is 11.4 Å². The number of rotatable bonds is 6. The number of carbonyl (C=O) groups excluding carboxylic acids is 1. The number of hydrogen-bond donors (Lipinski definition) is 2. The minimum Gasteiger partial charge on any atom is -0.495 e. The molecule has 1 amide bonds. The molecule has 2 aromatic rings. The fourth-order valence-corrected chi connectivity index (χ4v) is 2.38. The van der Waals surface area contributed by atoms with Crippen LogP contribution in [0.3, 0.4) is 0 Å². The van der Waals surface area contributed by atoms with Crippen molar-refractivity contribution in [3.63, 3.8) is 0 Å². The third-order valence-electron chi connectivity index (χ3n) is 3.68. The van der Waals surface area contributed by atoms with Gasteiger partial charge in [0.2, 0.25) is 0 Å². The Bertz CT molecular complexity index is 613. The third-order valence-corrected chi connectivity index (χ3v) is 3.68. The average Bonchev–Trinajstić information content (AvgIpc) is 2.56. The Morgan fingerprint density at radius 3 is 2.36 bits per heavy atom. The molecule has 4 nitrogen and oxygen atoms in total. The van der Waals surface area contributed by atoms with E-state index < -0.39 is 0 Å². The first-order valence-electron chi connectivity index (χ1n) is 7.45. The SMILES string of the molecule is COc1ccccc1NC(=O)[C@@H](C)[NH2+][C@@H](C)c1ccccc1. The van der Waals surface area contributed by atoms with Gasteiger partial charge in [0, 0.05) is 5.56 Å². The van der Waals surface area contributed by atoms with E-state index in [0.717, 1.165) is 0 Å². The van der Waals surface area contributed by atoms with Crippen molar-refractivity contribution >= 4 is 11.6 Å². The Labute approximate surface area is 131 Å². The summed E-state index contributed by atoms with van der Waals surface area (Å²) in [5.74, 6) is 0.631. The number of carbonyl (C=O) groups is 1. The molecule has 0 unspecified atom stereocenters. The second-order valence-corrected chi connectivity index (χ2v) is 5.37. The predicted molar refractivity (Wildman–Crippen MR) is 87.9 cm³/mol. The molecule has 3 N–H and O–H groups in total. The minimum absolute atomic E-state index is 0.0349. The quantitative estimate of drug-likeness (QED) is 0.860. The lowest BCUT2D eigenvalue weighted by molar-refractivity contribution is -0.709. The number of benzene rings is 2. The average molecular weight is 299 g/mol. The molecule has 0 aliphatic carbocycles. The standard InChI is InChI=1S/C18H22N2O2/c1-13(15-9-5-4-6-10-15)19-14(2)18(21)20-16-11-7-8-12-17(16)22-3/h4-14,19H,1-3H3,(H,20,21)/p+1/t13-,14+/m0/s1. The molecule has 4 heteroatoms. The number of para-hydroxylation sites is 2. The van der Waals surface area contributed by atoms with E-state index >= 15 is 0 Å². The van der Waals surface area contributed by atoms with Crippen LogP contribution in [0.5, 0.6) is 5.75 Å². The molecule has 0 fully saturated rings. The van der Waals surface area contributed by atoms with Crippen LogP contribution in [-0.4, -0.2) is 19.1 Å². The third kappa shape index (κ3) is 4.09. The van der Waals surface area contributed by atoms with Crippen molar-refractivity contribution in [3.05, 3.63) is 60.2 Å². The molecule has 0 aromatic heterocycles. The summed E-state index contributed by atoms with van der Waals surface area (Å²) in [4.78, 5) is 12.3. The first kappa shape index (κ1) is 16.0. The molecule has 2 atom stereocenters. The number of nitrogens with one attached hydrogen (secondary N) is 1. The Morgan fingerprint density at radius 2 is 1.68 bits per heavy atom. The van der Waals surface area contributed by atoms with Crippen molar-refractivity contribution in [1.82, 2.24) is 0 Å². The highest BCUT2D eigenvalue weighted by molar-refractivity contribution is 5.94. The van der Waals surface area contributed by atoms with Gasteiger partial charge in [0.25, 0.3) is 5.91 Å². The summed E-state index contributed by atoms with van der Waals surface area (Å²) in [6, 6.07) is 17.6. The molecule has 0 aliphatic rings. The lowest BCUT2D eigenvalue weighted by Crippen LogP contribution is -2.91. The maximum atomic E-state index is 12.3. The highest BCUT2D eigenvalue weighted by Crippen LogP contribution is 2.22. The lowest BCUT2D eigenvalue weighted by Gasteiger charge is -2.17. The predicted octanol–water partition coefficient (Wildman–Crippen LogP) is 2.35. The second kappa shape index (κ2) is 7.61. The zero-order valence-corrected chi connectivity index (χ0v) is 13.2. The zero-order valence-electron chi connectivity index (χ0n) is 13.2. The molecule has 22 heavy (non-hydrogen) atoms. The van der Waals surface area contributed by atoms with Crippen LogP contribution in [0.15, 0.2) is 54.6 Å². The van der Waals surface area contributed by atoms with Crippen molar-refractivity contribution in [1.29, 1.82) is 0 Å². The molecular weight excluding hydrogens is 276 g/mol. The first-order valence-corrected chi connectivity index (χ1v) is 7.45. The Hall–Kier alpha value is -2.33. The van der Waals surface area contributed by atoms with Gasteiger partial charge in [-0.1, -0.05) is 42.5 Å². The number of hydrogen-bond acceptors (Lipinski definition) is 2. The molecule has 0 saturated carbocycles. The van der Waals surface area contributed by atoms with E-state index in [2.05, 4.69) is 29.7 Å². The fraction of sp³-hybridized carbons (Fsp3) is 0.278. The van der Waals surface area contributed by atoms with Crippen LogP contribution in [-0.2, 0) is 4.79 Å². The van der Waals surface area contributed by atoms with Gasteiger partial charge in [0.1, 0.15) is 11.8 Å². The van der Waals surface area contributed by atoms with Gasteiger partial charge in [-0.25, -0.2) is 0 Å². The van der Waals surface area contributed by atoms with Crippen LogP contribution < -0.4 is 15.4 Å². The summed E-state index contributed by atoms with van der Waals surface area (Å²) in [5, 5.41) is 4.98. The van der Waals surface area contributed by atoms with Gasteiger partial charge < -0.3 is 15.4 Å². The van der Waals surface area contributed by atoms with E-state index in [-0.39, 0.29) is 18.0 Å². The number of amides is 1. The Kier molecular flexibility index (Phi) is 5.55. The van der Waals surface area contributed by atoms with Crippen molar-refractivity contribution in [3.8, 4) is 5.75 Å². The van der Waals surface area contributed by atoms with Crippen LogP contribution in [0.25, 0.3) is 0 Å². The summed E-state index contributed by atoms with van der Waals surface area (Å²) in [6.07, 6.45) is 0. The van der Waals surface area contributed by atoms with Gasteiger partial charge in [-0.3, -0.25) is 4.79 Å². The smallest absolute Gasteiger partial charge is 0.282 e. The van der Waals surface area contributed by atoms with Crippen LogP contribution in [0, 0.1) is 0 Å². The number of methoxy groups -OCH3 is 1. The number of anilines is 1. The van der Waals surface area contributed by atoms with Gasteiger partial charge in [0.05, 0.1) is 12.8 Å². The minimum atomic E-state index is -0.194. The first-order chi connectivity index (χ1) is 10.6. The molecule has 2 aromatic carbocycles. The topological polar surface area (TPSA) is 54.9 Å². The maximum absolute atomic E-state index is 12.3. The summed E-state index contributed by atoms with van der Waals surface area (Å²) < 4.78 is 5.25. The van der Waals surface area contributed by atoms with E-state index in [1.165, 1.54) is 5.56 Å². The zero-order chi connectivity index (χ0) is 15.9. The summed E-state index contributed by atoms with van der Waals surface area (Å²) >= 11 is 0. The number of ether oxygens (including phenoxy) is 1. The monoisotopic (exact) mass is 299 g/mol. The van der Waals surface area contributed by atoms with Crippen molar-refractivity contribution < 1.29 is 14.8 Å². The molecular formula is C18H23N2O2+. The van der Waals surface area contributed by atoms with Crippen LogP contribution in [0.1, 0.15) is 25.5 Å². The van der Waals surface area contributed by atoms with Gasteiger partial charge in [-0.15, -0.1) is 0 Å². The highest BCUT2D eigenvalue weighted by atomic mass is 16.5. The van der Waals surface area contributed by atoms with E-state index in [4.69, 9.17) is 4.74 Å².